The maximum atomic E-state index is 12.5. The van der Waals surface area contributed by atoms with Gasteiger partial charge in [-0.25, -0.2) is 4.79 Å². The van der Waals surface area contributed by atoms with Gasteiger partial charge in [-0.1, -0.05) is 18.2 Å². The third-order valence-electron chi connectivity index (χ3n) is 3.98. The molecule has 1 N–H and O–H groups in total. The zero-order valence-electron chi connectivity index (χ0n) is 14.5. The highest BCUT2D eigenvalue weighted by Crippen LogP contribution is 2.32. The standard InChI is InChI=1S/C19H21NO5/c1-20(16-10-9-14(24-2)12-17(16)25-3)18(21)11-8-13-6-4-5-7-15(13)19(22)23/h4-7,9-10,12H,8,11H2,1-3H3,(H,22,23). The van der Waals surface area contributed by atoms with Crippen molar-refractivity contribution in [2.75, 3.05) is 26.2 Å². The summed E-state index contributed by atoms with van der Waals surface area (Å²) in [7, 11) is 4.75. The van der Waals surface area contributed by atoms with Gasteiger partial charge in [0, 0.05) is 19.5 Å². The molecule has 0 heterocycles. The quantitative estimate of drug-likeness (QED) is 0.836. The zero-order chi connectivity index (χ0) is 18.4. The van der Waals surface area contributed by atoms with E-state index in [2.05, 4.69) is 0 Å². The number of aromatic carboxylic acids is 1. The van der Waals surface area contributed by atoms with E-state index in [9.17, 15) is 14.7 Å². The molecule has 0 aromatic heterocycles. The Kier molecular flexibility index (Phi) is 6.00. The highest BCUT2D eigenvalue weighted by Gasteiger charge is 2.17. The minimum atomic E-state index is -0.992. The van der Waals surface area contributed by atoms with Crippen LogP contribution in [-0.4, -0.2) is 38.3 Å². The lowest BCUT2D eigenvalue weighted by atomic mass is 10.0. The lowest BCUT2D eigenvalue weighted by Gasteiger charge is -2.20. The molecule has 0 saturated carbocycles. The third kappa shape index (κ3) is 4.29. The van der Waals surface area contributed by atoms with Crippen molar-refractivity contribution in [2.45, 2.75) is 12.8 Å². The summed E-state index contributed by atoms with van der Waals surface area (Å²) in [5, 5.41) is 9.21. The summed E-state index contributed by atoms with van der Waals surface area (Å²) >= 11 is 0. The predicted molar refractivity (Wildman–Crippen MR) is 94.7 cm³/mol. The van der Waals surface area contributed by atoms with Crippen molar-refractivity contribution >= 4 is 17.6 Å². The number of carboxylic acid groups (broad SMARTS) is 1. The summed E-state index contributed by atoms with van der Waals surface area (Å²) in [5.41, 5.74) is 1.48. The molecule has 0 spiro atoms. The van der Waals surface area contributed by atoms with Gasteiger partial charge in [-0.15, -0.1) is 0 Å². The molecule has 6 heteroatoms. The largest absolute Gasteiger partial charge is 0.497 e. The Bertz CT molecular complexity index is 772. The van der Waals surface area contributed by atoms with Crippen LogP contribution in [0.5, 0.6) is 11.5 Å². The molecule has 0 aliphatic heterocycles. The number of aryl methyl sites for hydroxylation is 1. The first-order chi connectivity index (χ1) is 12.0. The number of rotatable bonds is 7. The van der Waals surface area contributed by atoms with Crippen molar-refractivity contribution < 1.29 is 24.2 Å². The van der Waals surface area contributed by atoms with Crippen LogP contribution in [0.15, 0.2) is 42.5 Å². The number of benzene rings is 2. The Labute approximate surface area is 146 Å². The highest BCUT2D eigenvalue weighted by molar-refractivity contribution is 5.95. The SMILES string of the molecule is COc1ccc(N(C)C(=O)CCc2ccccc2C(=O)O)c(OC)c1. The van der Waals surface area contributed by atoms with Crippen LogP contribution in [0.4, 0.5) is 5.69 Å². The normalized spacial score (nSPS) is 10.2. The van der Waals surface area contributed by atoms with E-state index in [1.54, 1.807) is 56.6 Å². The monoisotopic (exact) mass is 343 g/mol. The van der Waals surface area contributed by atoms with E-state index in [4.69, 9.17) is 9.47 Å². The summed E-state index contributed by atoms with van der Waals surface area (Å²) in [5.74, 6) is 0.0369. The summed E-state index contributed by atoms with van der Waals surface area (Å²) in [6.45, 7) is 0. The second kappa shape index (κ2) is 8.19. The average molecular weight is 343 g/mol. The van der Waals surface area contributed by atoms with Gasteiger partial charge >= 0.3 is 5.97 Å². The summed E-state index contributed by atoms with van der Waals surface area (Å²) in [4.78, 5) is 25.3. The molecular formula is C19H21NO5. The molecule has 2 aromatic rings. The Morgan fingerprint density at radius 1 is 1.08 bits per heavy atom. The van der Waals surface area contributed by atoms with Gasteiger partial charge < -0.3 is 19.5 Å². The number of carboxylic acids is 1. The van der Waals surface area contributed by atoms with Crippen molar-refractivity contribution in [3.05, 3.63) is 53.6 Å². The van der Waals surface area contributed by atoms with Gasteiger partial charge in [-0.05, 0) is 30.2 Å². The number of hydrogen-bond acceptors (Lipinski definition) is 4. The highest BCUT2D eigenvalue weighted by atomic mass is 16.5. The Balaban J connectivity index is 2.12. The molecule has 0 fully saturated rings. The number of methoxy groups -OCH3 is 2. The van der Waals surface area contributed by atoms with E-state index in [0.29, 0.717) is 29.2 Å². The molecule has 0 aliphatic carbocycles. The number of nitrogens with zero attached hydrogens (tertiary/aromatic N) is 1. The fourth-order valence-electron chi connectivity index (χ4n) is 2.55. The molecule has 25 heavy (non-hydrogen) atoms. The molecule has 2 aromatic carbocycles. The number of carbonyl (C=O) groups excluding carboxylic acids is 1. The molecule has 0 radical (unpaired) electrons. The second-order valence-corrected chi connectivity index (χ2v) is 5.45. The van der Waals surface area contributed by atoms with Crippen molar-refractivity contribution in [3.8, 4) is 11.5 Å². The molecule has 2 rings (SSSR count). The van der Waals surface area contributed by atoms with Crippen molar-refractivity contribution in [1.82, 2.24) is 0 Å². The first kappa shape index (κ1) is 18.3. The molecule has 132 valence electrons. The number of ether oxygens (including phenoxy) is 2. The maximum Gasteiger partial charge on any atom is 0.335 e. The van der Waals surface area contributed by atoms with Crippen LogP contribution in [0.3, 0.4) is 0 Å². The Hall–Kier alpha value is -3.02. The third-order valence-corrected chi connectivity index (χ3v) is 3.98. The van der Waals surface area contributed by atoms with Crippen molar-refractivity contribution in [3.63, 3.8) is 0 Å². The van der Waals surface area contributed by atoms with E-state index < -0.39 is 5.97 Å². The fourth-order valence-corrected chi connectivity index (χ4v) is 2.55. The summed E-state index contributed by atoms with van der Waals surface area (Å²) < 4.78 is 10.5. The van der Waals surface area contributed by atoms with E-state index in [0.717, 1.165) is 0 Å². The molecule has 0 bridgehead atoms. The van der Waals surface area contributed by atoms with Crippen LogP contribution < -0.4 is 14.4 Å². The van der Waals surface area contributed by atoms with Gasteiger partial charge in [-0.2, -0.15) is 0 Å². The van der Waals surface area contributed by atoms with Crippen LogP contribution in [0, 0.1) is 0 Å². The van der Waals surface area contributed by atoms with Crippen LogP contribution in [0.2, 0.25) is 0 Å². The van der Waals surface area contributed by atoms with Crippen LogP contribution >= 0.6 is 0 Å². The smallest absolute Gasteiger partial charge is 0.335 e. The van der Waals surface area contributed by atoms with Gasteiger partial charge in [0.15, 0.2) is 0 Å². The van der Waals surface area contributed by atoms with Gasteiger partial charge in [0.05, 0.1) is 25.5 Å². The average Bonchev–Trinajstić information content (AvgIpc) is 2.64. The number of amides is 1. The van der Waals surface area contributed by atoms with Crippen molar-refractivity contribution in [2.24, 2.45) is 0 Å². The molecule has 1 amide bonds. The lowest BCUT2D eigenvalue weighted by Crippen LogP contribution is -2.27. The Morgan fingerprint density at radius 2 is 1.80 bits per heavy atom. The van der Waals surface area contributed by atoms with Crippen molar-refractivity contribution in [1.29, 1.82) is 0 Å². The first-order valence-electron chi connectivity index (χ1n) is 7.77. The minimum absolute atomic E-state index is 0.136. The van der Waals surface area contributed by atoms with Gasteiger partial charge in [0.25, 0.3) is 0 Å². The molecule has 6 nitrogen and oxygen atoms in total. The Morgan fingerprint density at radius 3 is 2.44 bits per heavy atom. The molecule has 0 unspecified atom stereocenters. The van der Waals surface area contributed by atoms with E-state index in [-0.39, 0.29) is 17.9 Å². The van der Waals surface area contributed by atoms with Crippen LogP contribution in [0.25, 0.3) is 0 Å². The predicted octanol–water partition coefficient (Wildman–Crippen LogP) is 3.00. The molecule has 0 aliphatic rings. The van der Waals surface area contributed by atoms with E-state index >= 15 is 0 Å². The summed E-state index contributed by atoms with van der Waals surface area (Å²) in [6, 6.07) is 11.9. The van der Waals surface area contributed by atoms with Crippen LogP contribution in [0.1, 0.15) is 22.3 Å². The van der Waals surface area contributed by atoms with Gasteiger partial charge in [0.2, 0.25) is 5.91 Å². The summed E-state index contributed by atoms with van der Waals surface area (Å²) in [6.07, 6.45) is 0.542. The van der Waals surface area contributed by atoms with Crippen LogP contribution in [-0.2, 0) is 11.2 Å². The number of hydrogen-bond donors (Lipinski definition) is 1. The zero-order valence-corrected chi connectivity index (χ0v) is 14.5. The van der Waals surface area contributed by atoms with E-state index in [1.807, 2.05) is 0 Å². The number of carbonyl (C=O) groups is 2. The topological polar surface area (TPSA) is 76.1 Å². The fraction of sp³-hybridized carbons (Fsp3) is 0.263. The lowest BCUT2D eigenvalue weighted by molar-refractivity contribution is -0.118. The number of anilines is 1. The molecule has 0 atom stereocenters. The first-order valence-corrected chi connectivity index (χ1v) is 7.77. The minimum Gasteiger partial charge on any atom is -0.497 e. The van der Waals surface area contributed by atoms with Gasteiger partial charge in [-0.3, -0.25) is 4.79 Å². The maximum absolute atomic E-state index is 12.5. The van der Waals surface area contributed by atoms with E-state index in [1.165, 1.54) is 12.0 Å². The molecular weight excluding hydrogens is 322 g/mol. The molecule has 0 saturated heterocycles. The second-order valence-electron chi connectivity index (χ2n) is 5.45. The van der Waals surface area contributed by atoms with Gasteiger partial charge in [0.1, 0.15) is 11.5 Å².